The number of esters is 1. The van der Waals surface area contributed by atoms with Crippen LogP contribution in [0.5, 0.6) is 0 Å². The van der Waals surface area contributed by atoms with Gasteiger partial charge in [0.05, 0.1) is 11.5 Å². The molecule has 0 aromatic heterocycles. The van der Waals surface area contributed by atoms with E-state index in [4.69, 9.17) is 10.5 Å². The van der Waals surface area contributed by atoms with Crippen molar-refractivity contribution in [3.63, 3.8) is 0 Å². The second kappa shape index (κ2) is 5.79. The number of rotatable bonds is 5. The van der Waals surface area contributed by atoms with Crippen LogP contribution in [0.3, 0.4) is 0 Å². The van der Waals surface area contributed by atoms with Crippen molar-refractivity contribution in [2.24, 2.45) is 5.73 Å². The van der Waals surface area contributed by atoms with Gasteiger partial charge in [0.15, 0.2) is 15.1 Å². The molecule has 0 spiro atoms. The van der Waals surface area contributed by atoms with E-state index in [1.807, 2.05) is 0 Å². The van der Waals surface area contributed by atoms with Crippen molar-refractivity contribution < 1.29 is 17.9 Å². The molecule has 1 unspecified atom stereocenters. The normalized spacial score (nSPS) is 13.1. The zero-order valence-corrected chi connectivity index (χ0v) is 10.3. The standard InChI is InChI=1S/C11H15NO4S/c1-2-16-11(13)10(8-12)17(14,15)9-6-4-3-5-7-9/h3-7,10H,2,8,12H2,1H3. The number of hydrogen-bond acceptors (Lipinski definition) is 5. The Bertz CT molecular complexity index is 470. The molecule has 0 aliphatic heterocycles. The Balaban J connectivity index is 3.07. The summed E-state index contributed by atoms with van der Waals surface area (Å²) < 4.78 is 28.9. The Morgan fingerprint density at radius 3 is 2.41 bits per heavy atom. The fourth-order valence-electron chi connectivity index (χ4n) is 1.36. The summed E-state index contributed by atoms with van der Waals surface area (Å²) in [5.41, 5.74) is 5.35. The smallest absolute Gasteiger partial charge is 0.326 e. The molecule has 5 nitrogen and oxygen atoms in total. The monoisotopic (exact) mass is 257 g/mol. The first-order valence-electron chi connectivity index (χ1n) is 5.19. The van der Waals surface area contributed by atoms with Gasteiger partial charge < -0.3 is 10.5 Å². The third-order valence-corrected chi connectivity index (χ3v) is 4.27. The number of carbonyl (C=O) groups is 1. The van der Waals surface area contributed by atoms with Crippen molar-refractivity contribution in [1.82, 2.24) is 0 Å². The number of nitrogens with two attached hydrogens (primary N) is 1. The summed E-state index contributed by atoms with van der Waals surface area (Å²) >= 11 is 0. The van der Waals surface area contributed by atoms with Crippen molar-refractivity contribution in [3.05, 3.63) is 30.3 Å². The largest absolute Gasteiger partial charge is 0.465 e. The summed E-state index contributed by atoms with van der Waals surface area (Å²) in [5, 5.41) is -1.34. The molecule has 0 bridgehead atoms. The van der Waals surface area contributed by atoms with Crippen molar-refractivity contribution in [2.75, 3.05) is 13.2 Å². The quantitative estimate of drug-likeness (QED) is 0.769. The van der Waals surface area contributed by atoms with E-state index in [1.54, 1.807) is 25.1 Å². The van der Waals surface area contributed by atoms with Gasteiger partial charge in [-0.2, -0.15) is 0 Å². The lowest BCUT2D eigenvalue weighted by molar-refractivity contribution is -0.142. The van der Waals surface area contributed by atoms with E-state index in [1.165, 1.54) is 12.1 Å². The molecule has 0 aliphatic carbocycles. The fraction of sp³-hybridized carbons (Fsp3) is 0.364. The van der Waals surface area contributed by atoms with E-state index in [9.17, 15) is 13.2 Å². The average molecular weight is 257 g/mol. The lowest BCUT2D eigenvalue weighted by Gasteiger charge is -2.14. The molecule has 0 fully saturated rings. The van der Waals surface area contributed by atoms with Gasteiger partial charge in [-0.05, 0) is 19.1 Å². The number of ether oxygens (including phenoxy) is 1. The van der Waals surface area contributed by atoms with Crippen LogP contribution in [-0.2, 0) is 19.4 Å². The summed E-state index contributed by atoms with van der Waals surface area (Å²) in [6.07, 6.45) is 0. The predicted molar refractivity (Wildman–Crippen MR) is 63.1 cm³/mol. The molecule has 6 heteroatoms. The molecule has 1 atom stereocenters. The maximum Gasteiger partial charge on any atom is 0.326 e. The summed E-state index contributed by atoms with van der Waals surface area (Å²) in [7, 11) is -3.77. The minimum Gasteiger partial charge on any atom is -0.465 e. The molecule has 1 aromatic rings. The van der Waals surface area contributed by atoms with E-state index in [2.05, 4.69) is 0 Å². The topological polar surface area (TPSA) is 86.5 Å². The minimum atomic E-state index is -3.77. The van der Waals surface area contributed by atoms with Crippen LogP contribution in [0.1, 0.15) is 6.92 Å². The van der Waals surface area contributed by atoms with Crippen molar-refractivity contribution in [3.8, 4) is 0 Å². The first-order chi connectivity index (χ1) is 8.04. The summed E-state index contributed by atoms with van der Waals surface area (Å²) in [6.45, 7) is 1.44. The summed E-state index contributed by atoms with van der Waals surface area (Å²) in [6, 6.07) is 7.73. The fourth-order valence-corrected chi connectivity index (χ4v) is 2.80. The van der Waals surface area contributed by atoms with Gasteiger partial charge in [0, 0.05) is 6.54 Å². The van der Waals surface area contributed by atoms with Gasteiger partial charge in [0.25, 0.3) is 0 Å². The van der Waals surface area contributed by atoms with E-state index < -0.39 is 21.1 Å². The Kier molecular flexibility index (Phi) is 4.65. The van der Waals surface area contributed by atoms with Crippen LogP contribution in [0.25, 0.3) is 0 Å². The van der Waals surface area contributed by atoms with Crippen molar-refractivity contribution >= 4 is 15.8 Å². The van der Waals surface area contributed by atoms with Crippen LogP contribution in [0.15, 0.2) is 35.2 Å². The first-order valence-corrected chi connectivity index (χ1v) is 6.74. The molecule has 0 radical (unpaired) electrons. The van der Waals surface area contributed by atoms with Crippen molar-refractivity contribution in [2.45, 2.75) is 17.1 Å². The van der Waals surface area contributed by atoms with Crippen LogP contribution < -0.4 is 5.73 Å². The van der Waals surface area contributed by atoms with Gasteiger partial charge in [-0.15, -0.1) is 0 Å². The molecule has 1 rings (SSSR count). The molecular formula is C11H15NO4S. The van der Waals surface area contributed by atoms with Crippen LogP contribution in [0, 0.1) is 0 Å². The van der Waals surface area contributed by atoms with Gasteiger partial charge >= 0.3 is 5.97 Å². The Labute approximate surface area is 100 Å². The molecule has 1 aromatic carbocycles. The van der Waals surface area contributed by atoms with Gasteiger partial charge in [-0.3, -0.25) is 4.79 Å². The van der Waals surface area contributed by atoms with E-state index in [-0.39, 0.29) is 18.0 Å². The van der Waals surface area contributed by atoms with E-state index in [0.717, 1.165) is 0 Å². The van der Waals surface area contributed by atoms with Crippen molar-refractivity contribution in [1.29, 1.82) is 0 Å². The SMILES string of the molecule is CCOC(=O)C(CN)S(=O)(=O)c1ccccc1. The van der Waals surface area contributed by atoms with Crippen LogP contribution in [0.4, 0.5) is 0 Å². The zero-order chi connectivity index (χ0) is 12.9. The number of hydrogen-bond donors (Lipinski definition) is 1. The molecule has 0 saturated heterocycles. The van der Waals surface area contributed by atoms with Gasteiger partial charge in [0.1, 0.15) is 0 Å². The van der Waals surface area contributed by atoms with E-state index in [0.29, 0.717) is 0 Å². The number of benzene rings is 1. The first kappa shape index (κ1) is 13.7. The molecule has 17 heavy (non-hydrogen) atoms. The molecule has 94 valence electrons. The number of carbonyl (C=O) groups excluding carboxylic acids is 1. The second-order valence-electron chi connectivity index (χ2n) is 3.33. The third kappa shape index (κ3) is 3.04. The Hall–Kier alpha value is -1.40. The number of sulfone groups is 1. The zero-order valence-electron chi connectivity index (χ0n) is 9.50. The highest BCUT2D eigenvalue weighted by molar-refractivity contribution is 7.92. The highest BCUT2D eigenvalue weighted by atomic mass is 32.2. The van der Waals surface area contributed by atoms with Crippen LogP contribution in [0.2, 0.25) is 0 Å². The molecule has 0 saturated carbocycles. The molecule has 0 amide bonds. The summed E-state index contributed by atoms with van der Waals surface area (Å²) in [5.74, 6) is -0.807. The highest BCUT2D eigenvalue weighted by Crippen LogP contribution is 2.16. The Morgan fingerprint density at radius 1 is 1.35 bits per heavy atom. The Morgan fingerprint density at radius 2 is 1.94 bits per heavy atom. The second-order valence-corrected chi connectivity index (χ2v) is 5.46. The minimum absolute atomic E-state index is 0.0727. The molecule has 2 N–H and O–H groups in total. The highest BCUT2D eigenvalue weighted by Gasteiger charge is 2.33. The average Bonchev–Trinajstić information content (AvgIpc) is 2.31. The van der Waals surface area contributed by atoms with Gasteiger partial charge in [-0.1, -0.05) is 18.2 Å². The lowest BCUT2D eigenvalue weighted by Crippen LogP contribution is -2.38. The maximum absolute atomic E-state index is 12.1. The van der Waals surface area contributed by atoms with Gasteiger partial charge in [0.2, 0.25) is 0 Å². The predicted octanol–water partition coefficient (Wildman–Crippen LogP) is 0.351. The van der Waals surface area contributed by atoms with E-state index >= 15 is 0 Å². The van der Waals surface area contributed by atoms with Gasteiger partial charge in [-0.25, -0.2) is 8.42 Å². The maximum atomic E-state index is 12.1. The van der Waals surface area contributed by atoms with Crippen LogP contribution >= 0.6 is 0 Å². The lowest BCUT2D eigenvalue weighted by atomic mass is 10.4. The molecular weight excluding hydrogens is 242 g/mol. The third-order valence-electron chi connectivity index (χ3n) is 2.21. The molecule has 0 aliphatic rings. The van der Waals surface area contributed by atoms with Crippen LogP contribution in [-0.4, -0.2) is 32.8 Å². The summed E-state index contributed by atoms with van der Waals surface area (Å²) in [4.78, 5) is 11.6. The molecule has 0 heterocycles.